The van der Waals surface area contributed by atoms with Crippen molar-refractivity contribution in [2.75, 3.05) is 13.1 Å². The van der Waals surface area contributed by atoms with Crippen LogP contribution in [-0.2, 0) is 21.9 Å². The van der Waals surface area contributed by atoms with E-state index in [2.05, 4.69) is 10.9 Å². The van der Waals surface area contributed by atoms with Crippen LogP contribution in [-0.4, -0.2) is 48.3 Å². The van der Waals surface area contributed by atoms with Gasteiger partial charge in [0.05, 0.1) is 0 Å². The molecule has 180 valence electrons. The standard InChI is InChI=1S/C24H28N4O5S/c1-17(33-20-11-10-18-8-4-5-9-19(18)14-20)23(29)25-26-24(30)22-15-21(16-27(22)2)34(31,32)28-12-6-3-7-13-28/h4-5,8-11,14-17H,3,6-7,12-13H2,1-2H3,(H,25,29)(H,26,30). The predicted molar refractivity (Wildman–Crippen MR) is 128 cm³/mol. The van der Waals surface area contributed by atoms with Crippen molar-refractivity contribution in [2.24, 2.45) is 7.05 Å². The molecule has 2 amide bonds. The van der Waals surface area contributed by atoms with Gasteiger partial charge < -0.3 is 9.30 Å². The van der Waals surface area contributed by atoms with E-state index in [0.717, 1.165) is 30.0 Å². The maximum absolute atomic E-state index is 12.9. The summed E-state index contributed by atoms with van der Waals surface area (Å²) in [6.45, 7) is 2.52. The van der Waals surface area contributed by atoms with Crippen molar-refractivity contribution in [3.05, 3.63) is 60.4 Å². The summed E-state index contributed by atoms with van der Waals surface area (Å²) in [5.41, 5.74) is 4.78. The minimum atomic E-state index is -3.67. The van der Waals surface area contributed by atoms with Gasteiger partial charge in [0.1, 0.15) is 16.3 Å². The number of sulfonamides is 1. The first-order valence-electron chi connectivity index (χ1n) is 11.2. The lowest BCUT2D eigenvalue weighted by molar-refractivity contribution is -0.128. The van der Waals surface area contributed by atoms with Crippen LogP contribution in [0.3, 0.4) is 0 Å². The Balaban J connectivity index is 1.36. The molecule has 1 aliphatic heterocycles. The molecule has 1 aromatic heterocycles. The smallest absolute Gasteiger partial charge is 0.286 e. The summed E-state index contributed by atoms with van der Waals surface area (Å²) in [7, 11) is -2.09. The largest absolute Gasteiger partial charge is 0.481 e. The third kappa shape index (κ3) is 5.07. The van der Waals surface area contributed by atoms with Gasteiger partial charge >= 0.3 is 0 Å². The third-order valence-corrected chi connectivity index (χ3v) is 7.73. The first kappa shape index (κ1) is 23.8. The minimum absolute atomic E-state index is 0.0568. The van der Waals surface area contributed by atoms with Crippen molar-refractivity contribution >= 4 is 32.6 Å². The third-order valence-electron chi connectivity index (χ3n) is 5.87. The van der Waals surface area contributed by atoms with Crippen molar-refractivity contribution in [3.63, 3.8) is 0 Å². The molecule has 0 bridgehead atoms. The van der Waals surface area contributed by atoms with Crippen molar-refractivity contribution < 1.29 is 22.7 Å². The lowest BCUT2D eigenvalue weighted by atomic mass is 10.1. The molecule has 0 saturated carbocycles. The Bertz CT molecular complexity index is 1310. The lowest BCUT2D eigenvalue weighted by Gasteiger charge is -2.25. The molecule has 2 heterocycles. The minimum Gasteiger partial charge on any atom is -0.481 e. The molecule has 2 N–H and O–H groups in total. The van der Waals surface area contributed by atoms with Crippen molar-refractivity contribution in [1.29, 1.82) is 0 Å². The fourth-order valence-corrected chi connectivity index (χ4v) is 5.53. The molecule has 34 heavy (non-hydrogen) atoms. The van der Waals surface area contributed by atoms with Gasteiger partial charge in [-0.3, -0.25) is 20.4 Å². The summed E-state index contributed by atoms with van der Waals surface area (Å²) >= 11 is 0. The summed E-state index contributed by atoms with van der Waals surface area (Å²) in [6, 6.07) is 14.6. The second kappa shape index (κ2) is 9.86. The Labute approximate surface area is 198 Å². The van der Waals surface area contributed by atoms with Gasteiger partial charge in [0.2, 0.25) is 10.0 Å². The van der Waals surface area contributed by atoms with E-state index in [4.69, 9.17) is 4.74 Å². The number of nitrogens with one attached hydrogen (secondary N) is 2. The highest BCUT2D eigenvalue weighted by Gasteiger charge is 2.28. The normalized spacial score (nSPS) is 15.6. The molecule has 4 rings (SSSR count). The molecule has 1 fully saturated rings. The summed E-state index contributed by atoms with van der Waals surface area (Å²) in [5, 5.41) is 2.04. The number of carbonyl (C=O) groups excluding carboxylic acids is 2. The Morgan fingerprint density at radius 3 is 2.41 bits per heavy atom. The number of benzene rings is 2. The Hall–Kier alpha value is -3.37. The lowest BCUT2D eigenvalue weighted by Crippen LogP contribution is -2.47. The second-order valence-corrected chi connectivity index (χ2v) is 10.3. The van der Waals surface area contributed by atoms with Crippen molar-refractivity contribution in [2.45, 2.75) is 37.2 Å². The Kier molecular flexibility index (Phi) is 6.90. The van der Waals surface area contributed by atoms with Crippen LogP contribution < -0.4 is 15.6 Å². The van der Waals surface area contributed by atoms with Crippen molar-refractivity contribution in [3.8, 4) is 5.75 Å². The van der Waals surface area contributed by atoms with E-state index >= 15 is 0 Å². The molecular formula is C24H28N4O5S. The number of nitrogens with zero attached hydrogens (tertiary/aromatic N) is 2. The summed E-state index contributed by atoms with van der Waals surface area (Å²) < 4.78 is 34.3. The van der Waals surface area contributed by atoms with Gasteiger partial charge in [0, 0.05) is 26.3 Å². The highest BCUT2D eigenvalue weighted by molar-refractivity contribution is 7.89. The first-order valence-corrected chi connectivity index (χ1v) is 12.6. The van der Waals surface area contributed by atoms with E-state index in [1.165, 1.54) is 21.1 Å². The van der Waals surface area contributed by atoms with Gasteiger partial charge in [-0.15, -0.1) is 0 Å². The Morgan fingerprint density at radius 1 is 0.971 bits per heavy atom. The number of carbonyl (C=O) groups is 2. The van der Waals surface area contributed by atoms with Crippen LogP contribution >= 0.6 is 0 Å². The fraction of sp³-hybridized carbons (Fsp3) is 0.333. The van der Waals surface area contributed by atoms with Gasteiger partial charge in [-0.1, -0.05) is 36.8 Å². The average molecular weight is 485 g/mol. The summed E-state index contributed by atoms with van der Waals surface area (Å²) in [4.78, 5) is 25.1. The molecule has 1 aliphatic rings. The molecule has 1 saturated heterocycles. The zero-order chi connectivity index (χ0) is 24.3. The maximum atomic E-state index is 12.9. The Morgan fingerprint density at radius 2 is 1.68 bits per heavy atom. The van der Waals surface area contributed by atoms with Crippen molar-refractivity contribution in [1.82, 2.24) is 19.7 Å². The van der Waals surface area contributed by atoms with Crippen LogP contribution in [0.15, 0.2) is 59.6 Å². The van der Waals surface area contributed by atoms with E-state index in [0.29, 0.717) is 18.8 Å². The number of piperidine rings is 1. The van der Waals surface area contributed by atoms with Crippen LogP contribution in [0.5, 0.6) is 5.75 Å². The van der Waals surface area contributed by atoms with Gasteiger partial charge in [-0.2, -0.15) is 4.31 Å². The fourth-order valence-electron chi connectivity index (χ4n) is 3.94. The number of rotatable bonds is 6. The zero-order valence-electron chi connectivity index (χ0n) is 19.2. The average Bonchev–Trinajstić information content (AvgIpc) is 3.25. The number of fused-ring (bicyclic) bond motifs is 1. The summed E-state index contributed by atoms with van der Waals surface area (Å²) in [5.74, 6) is -0.645. The number of amides is 2. The summed E-state index contributed by atoms with van der Waals surface area (Å²) in [6.07, 6.45) is 3.20. The topological polar surface area (TPSA) is 110 Å². The zero-order valence-corrected chi connectivity index (χ0v) is 20.0. The van der Waals surface area contributed by atoms with Gasteiger partial charge in [-0.25, -0.2) is 8.42 Å². The highest BCUT2D eigenvalue weighted by atomic mass is 32.2. The number of hydrogen-bond acceptors (Lipinski definition) is 5. The molecule has 0 spiro atoms. The van der Waals surface area contributed by atoms with E-state index in [-0.39, 0.29) is 10.6 Å². The van der Waals surface area contributed by atoms with Crippen LogP contribution in [0.1, 0.15) is 36.7 Å². The van der Waals surface area contributed by atoms with Crippen LogP contribution in [0.2, 0.25) is 0 Å². The molecular weight excluding hydrogens is 456 g/mol. The number of hydrogen-bond donors (Lipinski definition) is 2. The molecule has 1 unspecified atom stereocenters. The predicted octanol–water partition coefficient (Wildman–Crippen LogP) is 2.58. The van der Waals surface area contributed by atoms with E-state index in [9.17, 15) is 18.0 Å². The second-order valence-electron chi connectivity index (χ2n) is 8.35. The molecule has 10 heteroatoms. The molecule has 0 radical (unpaired) electrons. The van der Waals surface area contributed by atoms with Gasteiger partial charge in [0.15, 0.2) is 6.10 Å². The molecule has 1 atom stereocenters. The van der Waals surface area contributed by atoms with Crippen LogP contribution in [0.4, 0.5) is 0 Å². The highest BCUT2D eigenvalue weighted by Crippen LogP contribution is 2.23. The number of hydrazine groups is 1. The van der Waals surface area contributed by atoms with E-state index in [1.807, 2.05) is 36.4 Å². The van der Waals surface area contributed by atoms with Crippen LogP contribution in [0, 0.1) is 0 Å². The maximum Gasteiger partial charge on any atom is 0.286 e. The number of aromatic nitrogens is 1. The quantitative estimate of drug-likeness (QED) is 0.523. The van der Waals surface area contributed by atoms with Gasteiger partial charge in [-0.05, 0) is 48.7 Å². The van der Waals surface area contributed by atoms with Gasteiger partial charge in [0.25, 0.3) is 11.8 Å². The molecule has 9 nitrogen and oxygen atoms in total. The molecule has 3 aromatic rings. The SMILES string of the molecule is CC(Oc1ccc2ccccc2c1)C(=O)NNC(=O)c1cc(S(=O)(=O)N2CCCCC2)cn1C. The van der Waals surface area contributed by atoms with E-state index in [1.54, 1.807) is 20.0 Å². The monoisotopic (exact) mass is 484 g/mol. The molecule has 2 aromatic carbocycles. The molecule has 0 aliphatic carbocycles. The number of aryl methyl sites for hydroxylation is 1. The number of ether oxygens (including phenoxy) is 1. The van der Waals surface area contributed by atoms with Crippen LogP contribution in [0.25, 0.3) is 10.8 Å². The first-order chi connectivity index (χ1) is 16.3. The van der Waals surface area contributed by atoms with E-state index < -0.39 is 27.9 Å².